The molecule has 1 N–H and O–H groups in total. The number of aliphatic carboxylic acids is 1. The molecule has 4 nitrogen and oxygen atoms in total. The van der Waals surface area contributed by atoms with Crippen LogP contribution in [-0.2, 0) is 16.0 Å². The number of hydrogen-bond donors (Lipinski definition) is 1. The van der Waals surface area contributed by atoms with Crippen molar-refractivity contribution >= 4 is 11.9 Å². The molecule has 1 aromatic rings. The average molecular weight is 249 g/mol. The third-order valence-electron chi connectivity index (χ3n) is 3.03. The summed E-state index contributed by atoms with van der Waals surface area (Å²) in [7, 11) is 0. The first-order valence-electron chi connectivity index (χ1n) is 6.00. The topological polar surface area (TPSA) is 57.6 Å². The molecule has 4 heteroatoms. The second-order valence-electron chi connectivity index (χ2n) is 4.35. The molecule has 1 amide bonds. The van der Waals surface area contributed by atoms with Crippen LogP contribution in [0, 0.1) is 13.8 Å². The molecule has 0 aromatic heterocycles. The molecule has 18 heavy (non-hydrogen) atoms. The standard InChI is InChI=1S/C14H19NO3/c1-4-15(9-14(17)18)13(16)8-12-10(2)6-5-7-11(12)3/h5-7H,4,8-9H2,1-3H3,(H,17,18). The molecule has 0 saturated carbocycles. The number of hydrogen-bond acceptors (Lipinski definition) is 2. The number of aryl methyl sites for hydroxylation is 2. The van der Waals surface area contributed by atoms with E-state index in [1.54, 1.807) is 6.92 Å². The summed E-state index contributed by atoms with van der Waals surface area (Å²) in [6.45, 7) is 5.88. The first-order valence-corrected chi connectivity index (χ1v) is 6.00. The number of benzene rings is 1. The van der Waals surface area contributed by atoms with Gasteiger partial charge in [-0.2, -0.15) is 0 Å². The highest BCUT2D eigenvalue weighted by molar-refractivity contribution is 5.83. The fraction of sp³-hybridized carbons (Fsp3) is 0.429. The summed E-state index contributed by atoms with van der Waals surface area (Å²) in [5.74, 6) is -1.12. The number of likely N-dealkylation sites (N-methyl/N-ethyl adjacent to an activating group) is 1. The smallest absolute Gasteiger partial charge is 0.323 e. The Morgan fingerprint density at radius 1 is 1.22 bits per heavy atom. The molecule has 0 fully saturated rings. The zero-order valence-corrected chi connectivity index (χ0v) is 11.1. The van der Waals surface area contributed by atoms with Crippen LogP contribution in [0.25, 0.3) is 0 Å². The summed E-state index contributed by atoms with van der Waals surface area (Å²) in [6.07, 6.45) is 0.264. The van der Waals surface area contributed by atoms with E-state index in [1.165, 1.54) is 4.90 Å². The molecule has 0 aliphatic heterocycles. The van der Waals surface area contributed by atoms with E-state index in [-0.39, 0.29) is 18.9 Å². The van der Waals surface area contributed by atoms with Gasteiger partial charge in [-0.3, -0.25) is 9.59 Å². The highest BCUT2D eigenvalue weighted by Crippen LogP contribution is 2.14. The highest BCUT2D eigenvalue weighted by atomic mass is 16.4. The fourth-order valence-corrected chi connectivity index (χ4v) is 1.93. The Kier molecular flexibility index (Phi) is 4.89. The zero-order chi connectivity index (χ0) is 13.7. The summed E-state index contributed by atoms with van der Waals surface area (Å²) in [5, 5.41) is 8.75. The van der Waals surface area contributed by atoms with Crippen molar-refractivity contribution in [2.24, 2.45) is 0 Å². The lowest BCUT2D eigenvalue weighted by molar-refractivity contribution is -0.144. The van der Waals surface area contributed by atoms with Crippen LogP contribution in [0.2, 0.25) is 0 Å². The van der Waals surface area contributed by atoms with Crippen molar-refractivity contribution in [1.82, 2.24) is 4.90 Å². The molecule has 0 spiro atoms. The van der Waals surface area contributed by atoms with Gasteiger partial charge in [-0.05, 0) is 37.5 Å². The predicted molar refractivity (Wildman–Crippen MR) is 69.5 cm³/mol. The Balaban J connectivity index is 2.83. The van der Waals surface area contributed by atoms with Gasteiger partial charge in [0.2, 0.25) is 5.91 Å². The molecule has 1 rings (SSSR count). The Morgan fingerprint density at radius 2 is 1.78 bits per heavy atom. The van der Waals surface area contributed by atoms with Gasteiger partial charge in [-0.1, -0.05) is 18.2 Å². The normalized spacial score (nSPS) is 10.2. The Morgan fingerprint density at radius 3 is 2.22 bits per heavy atom. The van der Waals surface area contributed by atoms with Gasteiger partial charge in [-0.25, -0.2) is 0 Å². The molecule has 0 heterocycles. The van der Waals surface area contributed by atoms with Gasteiger partial charge < -0.3 is 10.0 Å². The van der Waals surface area contributed by atoms with Crippen molar-refractivity contribution in [2.75, 3.05) is 13.1 Å². The third-order valence-corrected chi connectivity index (χ3v) is 3.03. The second kappa shape index (κ2) is 6.19. The van der Waals surface area contributed by atoms with Gasteiger partial charge in [0.15, 0.2) is 0 Å². The summed E-state index contributed by atoms with van der Waals surface area (Å²) in [5.41, 5.74) is 3.12. The number of amides is 1. The van der Waals surface area contributed by atoms with Gasteiger partial charge in [0.25, 0.3) is 0 Å². The maximum Gasteiger partial charge on any atom is 0.323 e. The molecular weight excluding hydrogens is 230 g/mol. The van der Waals surface area contributed by atoms with Gasteiger partial charge in [0, 0.05) is 6.54 Å². The van der Waals surface area contributed by atoms with Crippen LogP contribution >= 0.6 is 0 Å². The molecule has 0 unspecified atom stereocenters. The van der Waals surface area contributed by atoms with Crippen molar-refractivity contribution in [3.63, 3.8) is 0 Å². The lowest BCUT2D eigenvalue weighted by Crippen LogP contribution is -2.36. The van der Waals surface area contributed by atoms with Crippen LogP contribution < -0.4 is 0 Å². The second-order valence-corrected chi connectivity index (χ2v) is 4.35. The zero-order valence-electron chi connectivity index (χ0n) is 11.1. The summed E-state index contributed by atoms with van der Waals surface area (Å²) in [4.78, 5) is 24.1. The maximum atomic E-state index is 12.0. The maximum absolute atomic E-state index is 12.0. The van der Waals surface area contributed by atoms with Crippen LogP contribution in [0.5, 0.6) is 0 Å². The van der Waals surface area contributed by atoms with Gasteiger partial charge in [-0.15, -0.1) is 0 Å². The summed E-state index contributed by atoms with van der Waals surface area (Å²) in [6, 6.07) is 5.87. The van der Waals surface area contributed by atoms with Crippen LogP contribution in [0.15, 0.2) is 18.2 Å². The number of carboxylic acids is 1. The SMILES string of the molecule is CCN(CC(=O)O)C(=O)Cc1c(C)cccc1C. The molecule has 1 aromatic carbocycles. The molecule has 98 valence electrons. The molecular formula is C14H19NO3. The van der Waals surface area contributed by atoms with Crippen molar-refractivity contribution in [3.05, 3.63) is 34.9 Å². The minimum Gasteiger partial charge on any atom is -0.480 e. The fourth-order valence-electron chi connectivity index (χ4n) is 1.93. The van der Waals surface area contributed by atoms with E-state index in [0.717, 1.165) is 16.7 Å². The van der Waals surface area contributed by atoms with Crippen LogP contribution in [-0.4, -0.2) is 35.0 Å². The summed E-state index contributed by atoms with van der Waals surface area (Å²) < 4.78 is 0. The summed E-state index contributed by atoms with van der Waals surface area (Å²) >= 11 is 0. The Bertz CT molecular complexity index is 434. The quantitative estimate of drug-likeness (QED) is 0.865. The predicted octanol–water partition coefficient (Wildman–Crippen LogP) is 1.78. The van der Waals surface area contributed by atoms with E-state index < -0.39 is 5.97 Å². The number of nitrogens with zero attached hydrogens (tertiary/aromatic N) is 1. The van der Waals surface area contributed by atoms with Crippen molar-refractivity contribution in [3.8, 4) is 0 Å². The molecule has 0 atom stereocenters. The Hall–Kier alpha value is -1.84. The molecule has 0 aliphatic rings. The molecule has 0 saturated heterocycles. The van der Waals surface area contributed by atoms with Gasteiger partial charge in [0.1, 0.15) is 6.54 Å². The van der Waals surface area contributed by atoms with Crippen molar-refractivity contribution in [2.45, 2.75) is 27.2 Å². The monoisotopic (exact) mass is 249 g/mol. The van der Waals surface area contributed by atoms with Crippen LogP contribution in [0.3, 0.4) is 0 Å². The molecule has 0 bridgehead atoms. The van der Waals surface area contributed by atoms with E-state index >= 15 is 0 Å². The van der Waals surface area contributed by atoms with Crippen LogP contribution in [0.1, 0.15) is 23.6 Å². The largest absolute Gasteiger partial charge is 0.480 e. The number of carbonyl (C=O) groups excluding carboxylic acids is 1. The van der Waals surface area contributed by atoms with E-state index in [1.807, 2.05) is 32.0 Å². The number of carboxylic acid groups (broad SMARTS) is 1. The number of rotatable bonds is 5. The average Bonchev–Trinajstić information content (AvgIpc) is 2.30. The first kappa shape index (κ1) is 14.2. The van der Waals surface area contributed by atoms with E-state index in [9.17, 15) is 9.59 Å². The van der Waals surface area contributed by atoms with E-state index in [0.29, 0.717) is 6.54 Å². The minimum absolute atomic E-state index is 0.141. The molecule has 0 aliphatic carbocycles. The lowest BCUT2D eigenvalue weighted by atomic mass is 9.99. The van der Waals surface area contributed by atoms with Crippen molar-refractivity contribution in [1.29, 1.82) is 0 Å². The third kappa shape index (κ3) is 3.58. The van der Waals surface area contributed by atoms with Gasteiger partial charge in [0.05, 0.1) is 6.42 Å². The van der Waals surface area contributed by atoms with E-state index in [4.69, 9.17) is 5.11 Å². The Labute approximate surface area is 107 Å². The van der Waals surface area contributed by atoms with Crippen molar-refractivity contribution < 1.29 is 14.7 Å². The van der Waals surface area contributed by atoms with Crippen LogP contribution in [0.4, 0.5) is 0 Å². The highest BCUT2D eigenvalue weighted by Gasteiger charge is 2.16. The van der Waals surface area contributed by atoms with E-state index in [2.05, 4.69) is 0 Å². The number of carbonyl (C=O) groups is 2. The molecule has 0 radical (unpaired) electrons. The minimum atomic E-state index is -0.980. The van der Waals surface area contributed by atoms with Gasteiger partial charge >= 0.3 is 5.97 Å². The lowest BCUT2D eigenvalue weighted by Gasteiger charge is -2.19. The first-order chi connectivity index (χ1) is 8.45.